The second-order valence-electron chi connectivity index (χ2n) is 7.88. The lowest BCUT2D eigenvalue weighted by atomic mass is 10.1. The van der Waals surface area contributed by atoms with Crippen LogP contribution in [0.1, 0.15) is 58.3 Å². The maximum Gasteiger partial charge on any atom is 0.257 e. The number of methoxy groups -OCH3 is 1. The number of hydrogen-bond acceptors (Lipinski definition) is 6. The van der Waals surface area contributed by atoms with E-state index in [0.29, 0.717) is 52.6 Å². The average Bonchev–Trinajstić information content (AvgIpc) is 3.54. The number of nitrogens with one attached hydrogen (secondary N) is 1. The molecule has 0 atom stereocenters. The summed E-state index contributed by atoms with van der Waals surface area (Å²) in [6.07, 6.45) is 2.59. The maximum absolute atomic E-state index is 12.7. The third-order valence-electron chi connectivity index (χ3n) is 5.60. The predicted molar refractivity (Wildman–Crippen MR) is 112 cm³/mol. The number of anilines is 2. The molecule has 1 aliphatic carbocycles. The van der Waals surface area contributed by atoms with Crippen LogP contribution < -0.4 is 10.1 Å². The first-order chi connectivity index (χ1) is 14.4. The molecule has 2 aromatic rings. The van der Waals surface area contributed by atoms with Crippen molar-refractivity contribution in [3.05, 3.63) is 46.8 Å². The number of pyridine rings is 1. The molecule has 156 valence electrons. The highest BCUT2D eigenvalue weighted by atomic mass is 16.5. The second-order valence-corrected chi connectivity index (χ2v) is 7.88. The van der Waals surface area contributed by atoms with Crippen LogP contribution in [0.3, 0.4) is 0 Å². The zero-order chi connectivity index (χ0) is 21.4. The van der Waals surface area contributed by atoms with E-state index in [4.69, 9.17) is 4.74 Å². The lowest BCUT2D eigenvalue weighted by Gasteiger charge is -2.15. The Balaban J connectivity index is 1.71. The Bertz CT molecular complexity index is 1040. The van der Waals surface area contributed by atoms with Crippen LogP contribution in [0.2, 0.25) is 0 Å². The van der Waals surface area contributed by atoms with Crippen molar-refractivity contribution in [1.29, 1.82) is 0 Å². The quantitative estimate of drug-likeness (QED) is 0.674. The molecular weight excluding hydrogens is 382 g/mol. The van der Waals surface area contributed by atoms with Crippen molar-refractivity contribution in [2.24, 2.45) is 5.92 Å². The van der Waals surface area contributed by atoms with Gasteiger partial charge in [0.2, 0.25) is 0 Å². The molecule has 1 N–H and O–H groups in total. The first-order valence-electron chi connectivity index (χ1n) is 10.2. The summed E-state index contributed by atoms with van der Waals surface area (Å²) in [6, 6.07) is 6.98. The second kappa shape index (κ2) is 7.89. The molecule has 0 saturated heterocycles. The lowest BCUT2D eigenvalue weighted by Crippen LogP contribution is -2.18. The van der Waals surface area contributed by atoms with E-state index in [1.54, 1.807) is 36.2 Å². The molecule has 2 heterocycles. The third-order valence-corrected chi connectivity index (χ3v) is 5.60. The van der Waals surface area contributed by atoms with Crippen LogP contribution >= 0.6 is 0 Å². The smallest absolute Gasteiger partial charge is 0.257 e. The van der Waals surface area contributed by atoms with Crippen LogP contribution in [0, 0.1) is 5.92 Å². The van der Waals surface area contributed by atoms with Gasteiger partial charge in [0.15, 0.2) is 5.78 Å². The summed E-state index contributed by atoms with van der Waals surface area (Å²) in [5, 5.41) is 3.28. The van der Waals surface area contributed by atoms with E-state index in [1.807, 2.05) is 6.92 Å². The first kappa shape index (κ1) is 20.1. The number of hydrogen-bond donors (Lipinski definition) is 1. The Hall–Kier alpha value is -3.22. The summed E-state index contributed by atoms with van der Waals surface area (Å²) in [4.78, 5) is 43.2. The van der Waals surface area contributed by atoms with Gasteiger partial charge < -0.3 is 15.0 Å². The number of aromatic nitrogens is 1. The van der Waals surface area contributed by atoms with Gasteiger partial charge in [-0.15, -0.1) is 0 Å². The van der Waals surface area contributed by atoms with Gasteiger partial charge in [-0.05, 0) is 37.1 Å². The summed E-state index contributed by atoms with van der Waals surface area (Å²) in [7, 11) is 3.27. The van der Waals surface area contributed by atoms with Gasteiger partial charge in [0.1, 0.15) is 11.5 Å². The van der Waals surface area contributed by atoms with Gasteiger partial charge >= 0.3 is 0 Å². The van der Waals surface area contributed by atoms with Crippen molar-refractivity contribution < 1.29 is 19.1 Å². The Morgan fingerprint density at radius 3 is 2.67 bits per heavy atom. The predicted octanol–water partition coefficient (Wildman–Crippen LogP) is 3.53. The summed E-state index contributed by atoms with van der Waals surface area (Å²) in [6.45, 7) is 2.23. The van der Waals surface area contributed by atoms with E-state index in [9.17, 15) is 14.4 Å². The molecule has 0 spiro atoms. The highest BCUT2D eigenvalue weighted by Crippen LogP contribution is 2.35. The molecule has 4 rings (SSSR count). The number of benzene rings is 1. The maximum atomic E-state index is 12.7. The molecule has 30 heavy (non-hydrogen) atoms. The molecule has 2 aliphatic rings. The SMILES string of the molecule is CCC(=O)c1ccc(Nc2cc(CC(=O)C3CC3)nc3c2C(=O)N(C)C3)c(OC)c1. The van der Waals surface area contributed by atoms with E-state index >= 15 is 0 Å². The molecule has 0 radical (unpaired) electrons. The molecular formula is C23H25N3O4. The van der Waals surface area contributed by atoms with Gasteiger partial charge in [0.05, 0.1) is 42.0 Å². The molecule has 1 aromatic heterocycles. The third kappa shape index (κ3) is 3.79. The largest absolute Gasteiger partial charge is 0.495 e. The van der Waals surface area contributed by atoms with Crippen molar-refractivity contribution >= 4 is 28.8 Å². The zero-order valence-corrected chi connectivity index (χ0v) is 17.4. The van der Waals surface area contributed by atoms with Crippen LogP contribution in [0.25, 0.3) is 0 Å². The van der Waals surface area contributed by atoms with Crippen molar-refractivity contribution in [1.82, 2.24) is 9.88 Å². The highest BCUT2D eigenvalue weighted by Gasteiger charge is 2.32. The Morgan fingerprint density at radius 2 is 2.00 bits per heavy atom. The Kier molecular flexibility index (Phi) is 5.28. The fourth-order valence-corrected chi connectivity index (χ4v) is 3.73. The Morgan fingerprint density at radius 1 is 1.23 bits per heavy atom. The zero-order valence-electron chi connectivity index (χ0n) is 17.4. The lowest BCUT2D eigenvalue weighted by molar-refractivity contribution is -0.119. The fraction of sp³-hybridized carbons (Fsp3) is 0.391. The number of nitrogens with zero attached hydrogens (tertiary/aromatic N) is 2. The van der Waals surface area contributed by atoms with E-state index in [-0.39, 0.29) is 29.8 Å². The molecule has 0 unspecified atom stereocenters. The van der Waals surface area contributed by atoms with Gasteiger partial charge in [-0.3, -0.25) is 19.4 Å². The number of carbonyl (C=O) groups is 3. The molecule has 1 saturated carbocycles. The van der Waals surface area contributed by atoms with E-state index < -0.39 is 0 Å². The minimum Gasteiger partial charge on any atom is -0.495 e. The van der Waals surface area contributed by atoms with Crippen LogP contribution in [-0.2, 0) is 17.8 Å². The average molecular weight is 407 g/mol. The molecule has 1 amide bonds. The van der Waals surface area contributed by atoms with Crippen LogP contribution in [0.5, 0.6) is 5.75 Å². The molecule has 1 aromatic carbocycles. The molecule has 1 fully saturated rings. The Labute approximate surface area is 175 Å². The van der Waals surface area contributed by atoms with Crippen molar-refractivity contribution in [3.8, 4) is 5.75 Å². The minimum atomic E-state index is -0.114. The normalized spacial score (nSPS) is 15.2. The number of Topliss-reactive ketones (excluding diaryl/α,β-unsaturated/α-hetero) is 2. The highest BCUT2D eigenvalue weighted by molar-refractivity contribution is 6.04. The number of rotatable bonds is 8. The van der Waals surface area contributed by atoms with Gasteiger partial charge in [-0.1, -0.05) is 6.92 Å². The number of amides is 1. The number of carbonyl (C=O) groups excluding carboxylic acids is 3. The summed E-state index contributed by atoms with van der Waals surface area (Å²) < 4.78 is 5.47. The van der Waals surface area contributed by atoms with Gasteiger partial charge in [0.25, 0.3) is 5.91 Å². The monoisotopic (exact) mass is 407 g/mol. The molecule has 0 bridgehead atoms. The topological polar surface area (TPSA) is 88.6 Å². The van der Waals surface area contributed by atoms with E-state index in [1.165, 1.54) is 7.11 Å². The van der Waals surface area contributed by atoms with Gasteiger partial charge in [0, 0.05) is 31.4 Å². The number of ketones is 2. The summed E-state index contributed by atoms with van der Waals surface area (Å²) in [5.74, 6) is 0.781. The van der Waals surface area contributed by atoms with Crippen LogP contribution in [-0.4, -0.2) is 41.5 Å². The number of fused-ring (bicyclic) bond motifs is 1. The summed E-state index contributed by atoms with van der Waals surface area (Å²) in [5.41, 5.74) is 3.65. The fourth-order valence-electron chi connectivity index (χ4n) is 3.73. The molecule has 7 heteroatoms. The van der Waals surface area contributed by atoms with Crippen molar-refractivity contribution in [2.75, 3.05) is 19.5 Å². The van der Waals surface area contributed by atoms with Gasteiger partial charge in [-0.2, -0.15) is 0 Å². The summed E-state index contributed by atoms with van der Waals surface area (Å²) >= 11 is 0. The first-order valence-corrected chi connectivity index (χ1v) is 10.2. The van der Waals surface area contributed by atoms with Crippen LogP contribution in [0.15, 0.2) is 24.3 Å². The molecule has 7 nitrogen and oxygen atoms in total. The van der Waals surface area contributed by atoms with Crippen LogP contribution in [0.4, 0.5) is 11.4 Å². The van der Waals surface area contributed by atoms with E-state index in [2.05, 4.69) is 10.3 Å². The standard InChI is InChI=1S/C23H25N3O4/c1-4-19(27)14-7-8-16(21(9-14)30-3)25-17-10-15(11-20(28)13-5-6-13)24-18-12-26(2)23(29)22(17)18/h7-10,13H,4-6,11-12H2,1-3H3,(H,24,25). The molecule has 1 aliphatic heterocycles. The number of ether oxygens (including phenoxy) is 1. The van der Waals surface area contributed by atoms with Crippen molar-refractivity contribution in [3.63, 3.8) is 0 Å². The van der Waals surface area contributed by atoms with E-state index in [0.717, 1.165) is 12.8 Å². The minimum absolute atomic E-state index is 0.0299. The van der Waals surface area contributed by atoms with Crippen molar-refractivity contribution in [2.45, 2.75) is 39.2 Å². The van der Waals surface area contributed by atoms with Gasteiger partial charge in [-0.25, -0.2) is 0 Å².